The average molecular weight is 276 g/mol. The summed E-state index contributed by atoms with van der Waals surface area (Å²) >= 11 is 0. The molecular weight excluding hydrogens is 260 g/mol. The van der Waals surface area contributed by atoms with Crippen LogP contribution < -0.4 is 0 Å². The third kappa shape index (κ3) is 0.702. The van der Waals surface area contributed by atoms with Gasteiger partial charge < -0.3 is 10.2 Å². The molecule has 2 nitrogen and oxygen atoms in total. The average Bonchev–Trinajstić information content (AvgIpc) is 2.90. The molecule has 6 bridgehead atoms. The molecule has 6 aliphatic rings. The quantitative estimate of drug-likeness (QED) is 0.775. The second-order valence-corrected chi connectivity index (χ2v) is 8.01. The van der Waals surface area contributed by atoms with Gasteiger partial charge in [0.25, 0.3) is 0 Å². The summed E-state index contributed by atoms with van der Waals surface area (Å²) < 4.78 is 0. The summed E-state index contributed by atoms with van der Waals surface area (Å²) in [5.74, 6) is 3.31. The molecule has 5 fully saturated rings. The highest BCUT2D eigenvalue weighted by molar-refractivity contribution is 5.94. The molecule has 0 amide bonds. The fraction of sp³-hybridized carbons (Fsp3) is 0.474. The predicted molar refractivity (Wildman–Crippen MR) is 77.3 cm³/mol. The van der Waals surface area contributed by atoms with E-state index in [4.69, 9.17) is 0 Å². The van der Waals surface area contributed by atoms with Crippen molar-refractivity contribution >= 4 is 10.8 Å². The molecule has 21 heavy (non-hydrogen) atoms. The molecule has 0 spiro atoms. The Labute approximate surface area is 122 Å². The summed E-state index contributed by atoms with van der Waals surface area (Å²) in [4.78, 5) is 0. The lowest BCUT2D eigenvalue weighted by Gasteiger charge is -2.42. The van der Waals surface area contributed by atoms with Gasteiger partial charge in [-0.3, -0.25) is 0 Å². The van der Waals surface area contributed by atoms with Crippen LogP contribution >= 0.6 is 0 Å². The second kappa shape index (κ2) is 2.55. The Morgan fingerprint density at radius 2 is 1.38 bits per heavy atom. The summed E-state index contributed by atoms with van der Waals surface area (Å²) in [6.45, 7) is 0. The van der Waals surface area contributed by atoms with Crippen LogP contribution in [-0.4, -0.2) is 10.2 Å². The lowest BCUT2D eigenvalue weighted by molar-refractivity contribution is -0.191. The first-order valence-electron chi connectivity index (χ1n) is 8.16. The Hall–Kier alpha value is -1.38. The van der Waals surface area contributed by atoms with E-state index in [2.05, 4.69) is 24.3 Å². The highest BCUT2D eigenvalue weighted by atomic mass is 16.4. The molecule has 6 unspecified atom stereocenters. The first-order valence-corrected chi connectivity index (χ1v) is 8.16. The number of benzene rings is 2. The molecule has 104 valence electrons. The van der Waals surface area contributed by atoms with E-state index in [1.807, 2.05) is 12.1 Å². The van der Waals surface area contributed by atoms with E-state index in [1.54, 1.807) is 0 Å². The van der Waals surface area contributed by atoms with Crippen molar-refractivity contribution in [3.63, 3.8) is 0 Å². The molecule has 2 aromatic carbocycles. The molecule has 0 saturated heterocycles. The zero-order chi connectivity index (χ0) is 13.7. The van der Waals surface area contributed by atoms with E-state index < -0.39 is 11.2 Å². The van der Waals surface area contributed by atoms with Crippen LogP contribution in [0.25, 0.3) is 10.8 Å². The van der Waals surface area contributed by atoms with Gasteiger partial charge in [-0.05, 0) is 52.0 Å². The predicted octanol–water partition coefficient (Wildman–Crippen LogP) is 2.37. The smallest absolute Gasteiger partial charge is 0.127 e. The molecule has 5 saturated carbocycles. The molecule has 0 heterocycles. The standard InChI is InChI=1S/C19H16O2/c20-18-11-5-1-3-8-4-2-6-12(13(8)11)19(18,21)17-10-7-9-14(15(9)17)16(10)18/h1-6,9-10,14-17,20-21H,7H2/t9?,10?,14?,15?,16?,17?,18-,19+. The third-order valence-corrected chi connectivity index (χ3v) is 7.86. The minimum Gasteiger partial charge on any atom is -0.381 e. The van der Waals surface area contributed by atoms with E-state index in [9.17, 15) is 10.2 Å². The van der Waals surface area contributed by atoms with Crippen LogP contribution in [0.2, 0.25) is 0 Å². The van der Waals surface area contributed by atoms with Crippen LogP contribution in [0.4, 0.5) is 0 Å². The number of hydrogen-bond donors (Lipinski definition) is 2. The minimum atomic E-state index is -1.03. The zero-order valence-corrected chi connectivity index (χ0v) is 11.5. The number of fused-ring (bicyclic) bond motifs is 3. The lowest BCUT2D eigenvalue weighted by atomic mass is 9.70. The molecule has 2 aromatic rings. The minimum absolute atomic E-state index is 0.292. The molecule has 2 heteroatoms. The van der Waals surface area contributed by atoms with Gasteiger partial charge in [0.05, 0.1) is 0 Å². The number of rotatable bonds is 0. The van der Waals surface area contributed by atoms with E-state index in [0.29, 0.717) is 29.6 Å². The Kier molecular flexibility index (Phi) is 1.26. The highest BCUT2D eigenvalue weighted by Crippen LogP contribution is 2.89. The maximum absolute atomic E-state index is 11.8. The zero-order valence-electron chi connectivity index (χ0n) is 11.5. The SMILES string of the molecule is O[C@@]12c3cccc4cccc(c34)[C@]1(O)C1C3CC4C(C41)C32. The normalized spacial score (nSPS) is 56.3. The Morgan fingerprint density at radius 1 is 0.810 bits per heavy atom. The first-order chi connectivity index (χ1) is 10.2. The summed E-state index contributed by atoms with van der Waals surface area (Å²) in [5, 5.41) is 25.8. The molecule has 0 radical (unpaired) electrons. The maximum atomic E-state index is 11.8. The molecular formula is C19H16O2. The van der Waals surface area contributed by atoms with Crippen LogP contribution in [0.5, 0.6) is 0 Å². The Bertz CT molecular complexity index is 808. The maximum Gasteiger partial charge on any atom is 0.127 e. The monoisotopic (exact) mass is 276 g/mol. The van der Waals surface area contributed by atoms with Gasteiger partial charge in [0.1, 0.15) is 11.2 Å². The number of hydrogen-bond acceptors (Lipinski definition) is 2. The highest BCUT2D eigenvalue weighted by Gasteiger charge is 2.90. The fourth-order valence-electron chi connectivity index (χ4n) is 7.59. The van der Waals surface area contributed by atoms with Crippen molar-refractivity contribution in [2.45, 2.75) is 17.6 Å². The fourth-order valence-corrected chi connectivity index (χ4v) is 7.59. The molecule has 8 atom stereocenters. The molecule has 0 aromatic heterocycles. The van der Waals surface area contributed by atoms with Gasteiger partial charge >= 0.3 is 0 Å². The van der Waals surface area contributed by atoms with Crippen molar-refractivity contribution in [3.8, 4) is 0 Å². The summed E-state index contributed by atoms with van der Waals surface area (Å²) in [6, 6.07) is 12.4. The van der Waals surface area contributed by atoms with Crippen molar-refractivity contribution < 1.29 is 10.2 Å². The van der Waals surface area contributed by atoms with Gasteiger partial charge in [-0.2, -0.15) is 0 Å². The van der Waals surface area contributed by atoms with Gasteiger partial charge in [0.15, 0.2) is 0 Å². The van der Waals surface area contributed by atoms with E-state index in [0.717, 1.165) is 27.8 Å². The lowest BCUT2D eigenvalue weighted by Crippen LogP contribution is -2.51. The van der Waals surface area contributed by atoms with E-state index in [1.165, 1.54) is 6.42 Å². The van der Waals surface area contributed by atoms with Gasteiger partial charge in [-0.25, -0.2) is 0 Å². The van der Waals surface area contributed by atoms with Gasteiger partial charge in [0, 0.05) is 11.8 Å². The summed E-state index contributed by atoms with van der Waals surface area (Å²) in [7, 11) is 0. The second-order valence-electron chi connectivity index (χ2n) is 8.01. The molecule has 0 aliphatic heterocycles. The van der Waals surface area contributed by atoms with E-state index in [-0.39, 0.29) is 0 Å². The largest absolute Gasteiger partial charge is 0.381 e. The third-order valence-electron chi connectivity index (χ3n) is 7.86. The first kappa shape index (κ1) is 10.4. The summed E-state index contributed by atoms with van der Waals surface area (Å²) in [6.07, 6.45) is 1.24. The number of aliphatic hydroxyl groups is 2. The molecule has 8 rings (SSSR count). The van der Waals surface area contributed by atoms with Crippen LogP contribution in [0.3, 0.4) is 0 Å². The van der Waals surface area contributed by atoms with Gasteiger partial charge in [-0.1, -0.05) is 36.4 Å². The molecule has 6 aliphatic carbocycles. The van der Waals surface area contributed by atoms with Crippen molar-refractivity contribution in [2.24, 2.45) is 35.5 Å². The summed E-state index contributed by atoms with van der Waals surface area (Å²) in [5.41, 5.74) is -0.0567. The Balaban J connectivity index is 1.69. The van der Waals surface area contributed by atoms with Gasteiger partial charge in [0.2, 0.25) is 0 Å². The van der Waals surface area contributed by atoms with Crippen LogP contribution in [0.15, 0.2) is 36.4 Å². The Morgan fingerprint density at radius 3 is 1.90 bits per heavy atom. The van der Waals surface area contributed by atoms with E-state index >= 15 is 0 Å². The van der Waals surface area contributed by atoms with Crippen molar-refractivity contribution in [1.82, 2.24) is 0 Å². The van der Waals surface area contributed by atoms with Crippen molar-refractivity contribution in [3.05, 3.63) is 47.5 Å². The van der Waals surface area contributed by atoms with Crippen molar-refractivity contribution in [1.29, 1.82) is 0 Å². The van der Waals surface area contributed by atoms with Gasteiger partial charge in [-0.15, -0.1) is 0 Å². The van der Waals surface area contributed by atoms with Crippen molar-refractivity contribution in [2.75, 3.05) is 0 Å². The van der Waals surface area contributed by atoms with Crippen LogP contribution in [0, 0.1) is 35.5 Å². The van der Waals surface area contributed by atoms with Crippen LogP contribution in [0.1, 0.15) is 17.5 Å². The topological polar surface area (TPSA) is 40.5 Å². The molecule has 2 N–H and O–H groups in total. The van der Waals surface area contributed by atoms with Crippen LogP contribution in [-0.2, 0) is 11.2 Å².